The van der Waals surface area contributed by atoms with E-state index in [-0.39, 0.29) is 0 Å². The fourth-order valence-electron chi connectivity index (χ4n) is 2.33. The number of rotatable bonds is 3. The molecular formula is C14H18N4. The van der Waals surface area contributed by atoms with Gasteiger partial charge in [0.05, 0.1) is 11.0 Å². The van der Waals surface area contributed by atoms with Gasteiger partial charge in [-0.05, 0) is 25.1 Å². The topological polar surface area (TPSA) is 41.9 Å². The number of hydrogen-bond donors (Lipinski definition) is 2. The van der Waals surface area contributed by atoms with E-state index in [9.17, 15) is 0 Å². The Balaban J connectivity index is 1.78. The van der Waals surface area contributed by atoms with Crippen molar-refractivity contribution in [3.63, 3.8) is 0 Å². The first kappa shape index (κ1) is 11.3. The maximum absolute atomic E-state index is 4.61. The molecule has 1 aromatic carbocycles. The van der Waals surface area contributed by atoms with Gasteiger partial charge in [0.2, 0.25) is 5.95 Å². The molecule has 1 aliphatic rings. The van der Waals surface area contributed by atoms with Crippen molar-refractivity contribution >= 4 is 17.0 Å². The summed E-state index contributed by atoms with van der Waals surface area (Å²) in [5.41, 5.74) is 3.67. The van der Waals surface area contributed by atoms with Crippen LogP contribution >= 0.6 is 0 Å². The fourth-order valence-corrected chi connectivity index (χ4v) is 2.33. The molecule has 3 rings (SSSR count). The predicted octanol–water partition coefficient (Wildman–Crippen LogP) is 1.90. The van der Waals surface area contributed by atoms with Gasteiger partial charge in [0.15, 0.2) is 0 Å². The van der Waals surface area contributed by atoms with E-state index in [0.717, 1.165) is 37.5 Å². The molecule has 0 fully saturated rings. The molecular weight excluding hydrogens is 224 g/mol. The zero-order valence-electron chi connectivity index (χ0n) is 10.6. The number of fused-ring (bicyclic) bond motifs is 1. The highest BCUT2D eigenvalue weighted by atomic mass is 15.2. The van der Waals surface area contributed by atoms with Crippen molar-refractivity contribution in [2.45, 2.75) is 6.42 Å². The number of benzene rings is 1. The number of aromatic nitrogens is 2. The SMILES string of the molecule is Cn1c(NCC2=CCNCC2)nc2ccccc21. The minimum absolute atomic E-state index is 0.888. The molecule has 0 radical (unpaired) electrons. The summed E-state index contributed by atoms with van der Waals surface area (Å²) in [5, 5.41) is 6.75. The Bertz CT molecular complexity index is 582. The number of nitrogens with zero attached hydrogens (tertiary/aromatic N) is 2. The maximum Gasteiger partial charge on any atom is 0.203 e. The normalized spacial score (nSPS) is 15.7. The average Bonchev–Trinajstić information content (AvgIpc) is 2.75. The lowest BCUT2D eigenvalue weighted by Crippen LogP contribution is -2.23. The number of imidazole rings is 1. The maximum atomic E-state index is 4.61. The van der Waals surface area contributed by atoms with Crippen molar-refractivity contribution in [2.24, 2.45) is 7.05 Å². The van der Waals surface area contributed by atoms with Crippen molar-refractivity contribution in [2.75, 3.05) is 25.0 Å². The van der Waals surface area contributed by atoms with Crippen LogP contribution in [0.1, 0.15) is 6.42 Å². The Hall–Kier alpha value is -1.81. The van der Waals surface area contributed by atoms with Gasteiger partial charge in [-0.3, -0.25) is 0 Å². The first-order chi connectivity index (χ1) is 8.84. The summed E-state index contributed by atoms with van der Waals surface area (Å²) >= 11 is 0. The lowest BCUT2D eigenvalue weighted by molar-refractivity contribution is 0.697. The molecule has 18 heavy (non-hydrogen) atoms. The van der Waals surface area contributed by atoms with Crippen molar-refractivity contribution in [1.82, 2.24) is 14.9 Å². The summed E-state index contributed by atoms with van der Waals surface area (Å²) in [5.74, 6) is 0.940. The Labute approximate surface area is 107 Å². The number of para-hydroxylation sites is 2. The molecule has 0 aliphatic carbocycles. The highest BCUT2D eigenvalue weighted by Gasteiger charge is 2.08. The second-order valence-corrected chi connectivity index (χ2v) is 4.65. The van der Waals surface area contributed by atoms with Crippen LogP contribution in [0.2, 0.25) is 0 Å². The van der Waals surface area contributed by atoms with Crippen LogP contribution in [0.5, 0.6) is 0 Å². The van der Waals surface area contributed by atoms with Crippen LogP contribution in [0, 0.1) is 0 Å². The van der Waals surface area contributed by atoms with Crippen LogP contribution in [0.15, 0.2) is 35.9 Å². The number of nitrogens with one attached hydrogen (secondary N) is 2. The van der Waals surface area contributed by atoms with Crippen molar-refractivity contribution in [3.8, 4) is 0 Å². The summed E-state index contributed by atoms with van der Waals surface area (Å²) in [7, 11) is 2.05. The van der Waals surface area contributed by atoms with Gasteiger partial charge in [-0.2, -0.15) is 0 Å². The highest BCUT2D eigenvalue weighted by Crippen LogP contribution is 2.18. The standard InChI is InChI=1S/C14H18N4/c1-18-13-5-3-2-4-12(13)17-14(18)16-10-11-6-8-15-9-7-11/h2-6,15H,7-10H2,1H3,(H,16,17). The summed E-state index contributed by atoms with van der Waals surface area (Å²) < 4.78 is 2.11. The third kappa shape index (κ3) is 2.11. The molecule has 1 aliphatic heterocycles. The van der Waals surface area contributed by atoms with Crippen LogP contribution in [-0.4, -0.2) is 29.2 Å². The zero-order valence-corrected chi connectivity index (χ0v) is 10.6. The van der Waals surface area contributed by atoms with Gasteiger partial charge in [0, 0.05) is 20.1 Å². The van der Waals surface area contributed by atoms with Gasteiger partial charge in [0.1, 0.15) is 0 Å². The van der Waals surface area contributed by atoms with E-state index >= 15 is 0 Å². The Kier molecular flexibility index (Phi) is 3.02. The van der Waals surface area contributed by atoms with E-state index in [1.807, 2.05) is 18.2 Å². The van der Waals surface area contributed by atoms with E-state index < -0.39 is 0 Å². The van der Waals surface area contributed by atoms with Crippen LogP contribution in [-0.2, 0) is 7.05 Å². The minimum Gasteiger partial charge on any atom is -0.352 e. The molecule has 0 saturated heterocycles. The molecule has 4 heteroatoms. The highest BCUT2D eigenvalue weighted by molar-refractivity contribution is 5.78. The van der Waals surface area contributed by atoms with Crippen molar-refractivity contribution in [1.29, 1.82) is 0 Å². The molecule has 1 aromatic heterocycles. The molecule has 2 N–H and O–H groups in total. The first-order valence-corrected chi connectivity index (χ1v) is 6.38. The second kappa shape index (κ2) is 4.82. The summed E-state index contributed by atoms with van der Waals surface area (Å²) in [6.07, 6.45) is 3.39. The number of hydrogen-bond acceptors (Lipinski definition) is 3. The molecule has 0 bridgehead atoms. The largest absolute Gasteiger partial charge is 0.352 e. The van der Waals surface area contributed by atoms with Gasteiger partial charge in [-0.15, -0.1) is 0 Å². The Morgan fingerprint density at radius 1 is 1.39 bits per heavy atom. The summed E-state index contributed by atoms with van der Waals surface area (Å²) in [6, 6.07) is 8.21. The average molecular weight is 242 g/mol. The van der Waals surface area contributed by atoms with E-state index in [0.29, 0.717) is 0 Å². The zero-order chi connectivity index (χ0) is 12.4. The Morgan fingerprint density at radius 2 is 2.28 bits per heavy atom. The Morgan fingerprint density at radius 3 is 3.06 bits per heavy atom. The minimum atomic E-state index is 0.888. The monoisotopic (exact) mass is 242 g/mol. The summed E-state index contributed by atoms with van der Waals surface area (Å²) in [6.45, 7) is 2.95. The molecule has 2 aromatic rings. The van der Waals surface area contributed by atoms with E-state index in [1.165, 1.54) is 11.1 Å². The van der Waals surface area contributed by atoms with E-state index in [2.05, 4.69) is 39.4 Å². The molecule has 0 unspecified atom stereocenters. The van der Waals surface area contributed by atoms with Crippen LogP contribution in [0.4, 0.5) is 5.95 Å². The smallest absolute Gasteiger partial charge is 0.203 e. The summed E-state index contributed by atoms with van der Waals surface area (Å²) in [4.78, 5) is 4.61. The molecule has 4 nitrogen and oxygen atoms in total. The molecule has 0 spiro atoms. The van der Waals surface area contributed by atoms with E-state index in [4.69, 9.17) is 0 Å². The van der Waals surface area contributed by atoms with Crippen molar-refractivity contribution < 1.29 is 0 Å². The lowest BCUT2D eigenvalue weighted by atomic mass is 10.1. The predicted molar refractivity (Wildman–Crippen MR) is 74.8 cm³/mol. The lowest BCUT2D eigenvalue weighted by Gasteiger charge is -2.14. The van der Waals surface area contributed by atoms with Gasteiger partial charge in [0.25, 0.3) is 0 Å². The third-order valence-electron chi connectivity index (χ3n) is 3.42. The first-order valence-electron chi connectivity index (χ1n) is 6.38. The molecule has 0 saturated carbocycles. The molecule has 94 valence electrons. The fraction of sp³-hybridized carbons (Fsp3) is 0.357. The van der Waals surface area contributed by atoms with Crippen LogP contribution in [0.3, 0.4) is 0 Å². The molecule has 2 heterocycles. The quantitative estimate of drug-likeness (QED) is 0.808. The molecule has 0 amide bonds. The van der Waals surface area contributed by atoms with Crippen LogP contribution in [0.25, 0.3) is 11.0 Å². The van der Waals surface area contributed by atoms with Gasteiger partial charge in [-0.25, -0.2) is 4.98 Å². The second-order valence-electron chi connectivity index (χ2n) is 4.65. The van der Waals surface area contributed by atoms with E-state index in [1.54, 1.807) is 0 Å². The van der Waals surface area contributed by atoms with Gasteiger partial charge < -0.3 is 15.2 Å². The van der Waals surface area contributed by atoms with Gasteiger partial charge >= 0.3 is 0 Å². The van der Waals surface area contributed by atoms with Crippen molar-refractivity contribution in [3.05, 3.63) is 35.9 Å². The molecule has 0 atom stereocenters. The van der Waals surface area contributed by atoms with Gasteiger partial charge in [-0.1, -0.05) is 23.8 Å². The number of aryl methyl sites for hydroxylation is 1. The number of anilines is 1. The third-order valence-corrected chi connectivity index (χ3v) is 3.42. The van der Waals surface area contributed by atoms with Crippen LogP contribution < -0.4 is 10.6 Å².